The van der Waals surface area contributed by atoms with E-state index < -0.39 is 0 Å². The Kier molecular flexibility index (Phi) is 3.05. The third-order valence-electron chi connectivity index (χ3n) is 2.44. The average Bonchev–Trinajstić information content (AvgIpc) is 2.89. The number of thiophene rings is 1. The van der Waals surface area contributed by atoms with Gasteiger partial charge in [0, 0.05) is 18.1 Å². The molecule has 5 heteroatoms. The van der Waals surface area contributed by atoms with Gasteiger partial charge in [0.2, 0.25) is 0 Å². The standard InChI is InChI=1S/C11H13N3OS/c1-8-3-4-16-10(8)7-14(2)11(15)9-5-12-13-6-9/h3-6H,7H2,1-2H3,(H,12,13). The van der Waals surface area contributed by atoms with Crippen molar-refractivity contribution in [2.75, 3.05) is 7.05 Å². The molecule has 0 unspecified atom stereocenters. The number of hydrogen-bond acceptors (Lipinski definition) is 3. The van der Waals surface area contributed by atoms with Crippen molar-refractivity contribution in [2.45, 2.75) is 13.5 Å². The largest absolute Gasteiger partial charge is 0.336 e. The Morgan fingerprint density at radius 2 is 2.44 bits per heavy atom. The molecule has 84 valence electrons. The molecule has 0 fully saturated rings. The summed E-state index contributed by atoms with van der Waals surface area (Å²) in [5.74, 6) is -0.0125. The lowest BCUT2D eigenvalue weighted by molar-refractivity contribution is 0.0786. The molecule has 0 aliphatic carbocycles. The minimum absolute atomic E-state index is 0.0125. The topological polar surface area (TPSA) is 49.0 Å². The maximum absolute atomic E-state index is 11.9. The highest BCUT2D eigenvalue weighted by Gasteiger charge is 2.14. The van der Waals surface area contributed by atoms with Gasteiger partial charge < -0.3 is 4.90 Å². The molecule has 2 aromatic heterocycles. The SMILES string of the molecule is Cc1ccsc1CN(C)C(=O)c1cn[nH]c1. The summed E-state index contributed by atoms with van der Waals surface area (Å²) in [7, 11) is 1.80. The Morgan fingerprint density at radius 1 is 1.62 bits per heavy atom. The van der Waals surface area contributed by atoms with Crippen LogP contribution in [-0.2, 0) is 6.54 Å². The minimum atomic E-state index is -0.0125. The zero-order chi connectivity index (χ0) is 11.5. The van der Waals surface area contributed by atoms with Gasteiger partial charge in [-0.15, -0.1) is 11.3 Å². The van der Waals surface area contributed by atoms with Crippen molar-refractivity contribution in [1.29, 1.82) is 0 Å². The second-order valence-electron chi connectivity index (χ2n) is 3.67. The molecule has 2 rings (SSSR count). The van der Waals surface area contributed by atoms with Crippen LogP contribution in [0.3, 0.4) is 0 Å². The van der Waals surface area contributed by atoms with Gasteiger partial charge in [-0.25, -0.2) is 0 Å². The highest BCUT2D eigenvalue weighted by molar-refractivity contribution is 7.10. The van der Waals surface area contributed by atoms with Gasteiger partial charge in [-0.2, -0.15) is 5.10 Å². The first-order valence-electron chi connectivity index (χ1n) is 4.95. The molecule has 0 aliphatic heterocycles. The van der Waals surface area contributed by atoms with Crippen molar-refractivity contribution in [1.82, 2.24) is 15.1 Å². The van der Waals surface area contributed by atoms with E-state index in [1.54, 1.807) is 35.7 Å². The first kappa shape index (κ1) is 10.9. The molecule has 0 aromatic carbocycles. The Labute approximate surface area is 97.9 Å². The fourth-order valence-corrected chi connectivity index (χ4v) is 2.40. The lowest BCUT2D eigenvalue weighted by Crippen LogP contribution is -2.25. The van der Waals surface area contributed by atoms with E-state index in [0.29, 0.717) is 12.1 Å². The summed E-state index contributed by atoms with van der Waals surface area (Å²) in [6.45, 7) is 2.70. The molecule has 16 heavy (non-hydrogen) atoms. The van der Waals surface area contributed by atoms with Crippen LogP contribution in [0.4, 0.5) is 0 Å². The van der Waals surface area contributed by atoms with Gasteiger partial charge in [0.15, 0.2) is 0 Å². The smallest absolute Gasteiger partial charge is 0.257 e. The fraction of sp³-hybridized carbons (Fsp3) is 0.273. The number of rotatable bonds is 3. The second kappa shape index (κ2) is 4.49. The summed E-state index contributed by atoms with van der Waals surface area (Å²) in [5, 5.41) is 8.45. The molecule has 4 nitrogen and oxygen atoms in total. The van der Waals surface area contributed by atoms with Crippen molar-refractivity contribution < 1.29 is 4.79 Å². The molecule has 0 atom stereocenters. The van der Waals surface area contributed by atoms with Crippen molar-refractivity contribution in [3.63, 3.8) is 0 Å². The number of H-pyrrole nitrogens is 1. The van der Waals surface area contributed by atoms with Crippen LogP contribution < -0.4 is 0 Å². The molecule has 0 spiro atoms. The number of aromatic nitrogens is 2. The predicted molar refractivity (Wildman–Crippen MR) is 63.4 cm³/mol. The highest BCUT2D eigenvalue weighted by Crippen LogP contribution is 2.17. The van der Waals surface area contributed by atoms with Gasteiger partial charge in [-0.05, 0) is 23.9 Å². The molecule has 2 heterocycles. The van der Waals surface area contributed by atoms with Crippen LogP contribution in [0.2, 0.25) is 0 Å². The van der Waals surface area contributed by atoms with Gasteiger partial charge in [0.1, 0.15) is 0 Å². The van der Waals surface area contributed by atoms with Crippen LogP contribution in [0.15, 0.2) is 23.8 Å². The zero-order valence-electron chi connectivity index (χ0n) is 9.23. The van der Waals surface area contributed by atoms with Crippen LogP contribution in [0.5, 0.6) is 0 Å². The Bertz CT molecular complexity index is 475. The first-order chi connectivity index (χ1) is 7.68. The van der Waals surface area contributed by atoms with Crippen LogP contribution >= 0.6 is 11.3 Å². The third kappa shape index (κ3) is 2.14. The molecule has 0 saturated carbocycles. The normalized spacial score (nSPS) is 10.4. The number of nitrogens with one attached hydrogen (secondary N) is 1. The summed E-state index contributed by atoms with van der Waals surface area (Å²) >= 11 is 1.68. The maximum atomic E-state index is 11.9. The maximum Gasteiger partial charge on any atom is 0.257 e. The molecule has 2 aromatic rings. The molecule has 0 aliphatic rings. The van der Waals surface area contributed by atoms with Gasteiger partial charge in [-0.1, -0.05) is 0 Å². The Balaban J connectivity index is 2.07. The molecular weight excluding hydrogens is 222 g/mol. The molecule has 1 amide bonds. The third-order valence-corrected chi connectivity index (χ3v) is 3.45. The second-order valence-corrected chi connectivity index (χ2v) is 4.68. The average molecular weight is 235 g/mol. The summed E-state index contributed by atoms with van der Waals surface area (Å²) in [6.07, 6.45) is 3.15. The summed E-state index contributed by atoms with van der Waals surface area (Å²) in [4.78, 5) is 14.8. The van der Waals surface area contributed by atoms with E-state index >= 15 is 0 Å². The fourth-order valence-electron chi connectivity index (χ4n) is 1.44. The number of aromatic amines is 1. The Morgan fingerprint density at radius 3 is 3.00 bits per heavy atom. The van der Waals surface area contributed by atoms with E-state index in [1.165, 1.54) is 10.4 Å². The van der Waals surface area contributed by atoms with Crippen molar-refractivity contribution in [3.8, 4) is 0 Å². The number of nitrogens with zero attached hydrogens (tertiary/aromatic N) is 2. The van der Waals surface area contributed by atoms with Gasteiger partial charge in [0.25, 0.3) is 5.91 Å². The van der Waals surface area contributed by atoms with E-state index in [2.05, 4.69) is 23.2 Å². The lowest BCUT2D eigenvalue weighted by atomic mass is 10.2. The van der Waals surface area contributed by atoms with Crippen molar-refractivity contribution >= 4 is 17.2 Å². The number of hydrogen-bond donors (Lipinski definition) is 1. The predicted octanol–water partition coefficient (Wildman–Crippen LogP) is 2.05. The van der Waals surface area contributed by atoms with E-state index in [1.807, 2.05) is 5.38 Å². The zero-order valence-corrected chi connectivity index (χ0v) is 10.0. The Hall–Kier alpha value is -1.62. The number of carbonyl (C=O) groups is 1. The van der Waals surface area contributed by atoms with Crippen LogP contribution in [0.1, 0.15) is 20.8 Å². The molecule has 0 bridgehead atoms. The van der Waals surface area contributed by atoms with Gasteiger partial charge in [-0.3, -0.25) is 9.89 Å². The monoisotopic (exact) mass is 235 g/mol. The quantitative estimate of drug-likeness (QED) is 0.885. The summed E-state index contributed by atoms with van der Waals surface area (Å²) in [6, 6.07) is 2.07. The van der Waals surface area contributed by atoms with Crippen LogP contribution in [0.25, 0.3) is 0 Å². The number of amides is 1. The molecule has 0 radical (unpaired) electrons. The number of carbonyl (C=O) groups excluding carboxylic acids is 1. The van der Waals surface area contributed by atoms with Crippen molar-refractivity contribution in [2.24, 2.45) is 0 Å². The van der Waals surface area contributed by atoms with Gasteiger partial charge >= 0.3 is 0 Å². The molecule has 0 saturated heterocycles. The summed E-state index contributed by atoms with van der Waals surface area (Å²) in [5.41, 5.74) is 1.83. The van der Waals surface area contributed by atoms with Crippen molar-refractivity contribution in [3.05, 3.63) is 39.8 Å². The van der Waals surface area contributed by atoms with E-state index in [9.17, 15) is 4.79 Å². The van der Waals surface area contributed by atoms with Crippen LogP contribution in [-0.4, -0.2) is 28.1 Å². The first-order valence-corrected chi connectivity index (χ1v) is 5.83. The number of aryl methyl sites for hydroxylation is 1. The molecule has 1 N–H and O–H groups in total. The van der Waals surface area contributed by atoms with E-state index in [0.717, 1.165) is 0 Å². The lowest BCUT2D eigenvalue weighted by Gasteiger charge is -2.15. The van der Waals surface area contributed by atoms with Crippen LogP contribution in [0, 0.1) is 6.92 Å². The molecular formula is C11H13N3OS. The highest BCUT2D eigenvalue weighted by atomic mass is 32.1. The summed E-state index contributed by atoms with van der Waals surface area (Å²) < 4.78 is 0. The van der Waals surface area contributed by atoms with E-state index in [-0.39, 0.29) is 5.91 Å². The van der Waals surface area contributed by atoms with Gasteiger partial charge in [0.05, 0.1) is 18.3 Å². The minimum Gasteiger partial charge on any atom is -0.336 e. The van der Waals surface area contributed by atoms with E-state index in [4.69, 9.17) is 0 Å².